The smallest absolute Gasteiger partial charge is 0.0134 e. The number of ketones is 1. The van der Waals surface area contributed by atoms with Crippen molar-refractivity contribution in [2.75, 3.05) is 0 Å². The van der Waals surface area contributed by atoms with E-state index in [9.17, 15) is 4.79 Å². The van der Waals surface area contributed by atoms with E-state index in [1.54, 1.807) is 12.2 Å². The van der Waals surface area contributed by atoms with E-state index in [1.165, 1.54) is 37.4 Å². The molecule has 0 aromatic heterocycles. The number of halogens is 1. The first kappa shape index (κ1) is 43.2. The number of rotatable bonds is 7. The van der Waals surface area contributed by atoms with Crippen molar-refractivity contribution in [1.29, 1.82) is 0 Å². The first-order chi connectivity index (χ1) is 28.0. The van der Waals surface area contributed by atoms with Gasteiger partial charge in [0.15, 0.2) is 0 Å². The van der Waals surface area contributed by atoms with Crippen molar-refractivity contribution >= 4 is 72.8 Å². The zero-order chi connectivity index (χ0) is 40.1. The summed E-state index contributed by atoms with van der Waals surface area (Å²) in [6.45, 7) is 3.89. The monoisotopic (exact) mass is 930 g/mol. The molecule has 0 spiro atoms. The molecule has 0 heterocycles. The van der Waals surface area contributed by atoms with Gasteiger partial charge in [-0.15, -0.1) is 17.2 Å². The molecule has 0 saturated heterocycles. The summed E-state index contributed by atoms with van der Waals surface area (Å²) in [4.78, 5) is 11.6. The van der Waals surface area contributed by atoms with E-state index in [0.29, 0.717) is 5.71 Å². The van der Waals surface area contributed by atoms with Crippen molar-refractivity contribution in [3.63, 3.8) is 0 Å². The Hall–Kier alpha value is -4.88. The van der Waals surface area contributed by atoms with Crippen LogP contribution in [0.15, 0.2) is 240 Å². The van der Waals surface area contributed by atoms with Gasteiger partial charge in [0.2, 0.25) is 5.78 Å². The van der Waals surface area contributed by atoms with Gasteiger partial charge >= 0.3 is 30.0 Å². The fourth-order valence-corrected chi connectivity index (χ4v) is 10.4. The van der Waals surface area contributed by atoms with Crippen molar-refractivity contribution in [2.24, 2.45) is 10.2 Å². The zero-order valence-electron chi connectivity index (χ0n) is 31.8. The minimum atomic E-state index is -0.446. The molecular formula is C50H43BrN2OP2Ru. The molecule has 0 fully saturated rings. The van der Waals surface area contributed by atoms with Gasteiger partial charge in [-0.25, -0.2) is 0 Å². The van der Waals surface area contributed by atoms with Crippen molar-refractivity contribution in [3.05, 3.63) is 241 Å². The Bertz CT molecular complexity index is 2080. The Morgan fingerprint density at radius 1 is 0.456 bits per heavy atom. The third-order valence-corrected chi connectivity index (χ3v) is 13.4. The van der Waals surface area contributed by atoms with E-state index >= 15 is 0 Å². The summed E-state index contributed by atoms with van der Waals surface area (Å²) in [5.41, 5.74) is 2.48. The Morgan fingerprint density at radius 2 is 0.789 bits per heavy atom. The maximum Gasteiger partial charge on any atom is -0.0134 e. The van der Waals surface area contributed by atoms with Crippen LogP contribution >= 0.6 is 29.5 Å². The molecule has 3 nitrogen and oxygen atoms in total. The number of hydrogen-bond acceptors (Lipinski definition) is 3. The van der Waals surface area contributed by atoms with Gasteiger partial charge in [-0.2, -0.15) is 22.8 Å². The topological polar surface area (TPSA) is 41.8 Å². The predicted molar refractivity (Wildman–Crippen MR) is 247 cm³/mol. The summed E-state index contributed by atoms with van der Waals surface area (Å²) in [7, 11) is -0.892. The molecule has 1 aliphatic rings. The number of aryl methyl sites for hydroxylation is 1. The molecule has 7 aromatic rings. The average molecular weight is 931 g/mol. The molecule has 0 N–H and O–H groups in total. The molecule has 0 aliphatic heterocycles. The minimum Gasteiger partial charge on any atom is -0.0622 e. The van der Waals surface area contributed by atoms with E-state index in [0.717, 1.165) is 10.9 Å². The molecule has 8 rings (SSSR count). The van der Waals surface area contributed by atoms with Gasteiger partial charge in [-0.3, -0.25) is 4.79 Å². The normalized spacial score (nSPS) is 12.3. The largest absolute Gasteiger partial charge is 0.0622 e. The van der Waals surface area contributed by atoms with Crippen LogP contribution in [0.3, 0.4) is 0 Å². The second-order valence-corrected chi connectivity index (χ2v) is 17.1. The van der Waals surface area contributed by atoms with Crippen molar-refractivity contribution in [2.45, 2.75) is 13.8 Å². The molecule has 7 heteroatoms. The standard InChI is InChI=1S/2C18H15P.C14H13N2O.BrH.Ru/c2*1-4-10-16(11-5-1)19(17-12-6-2-7-13-17)18-14-8-3-9-15-18;1-10-3-6-12(7-4-10)15-16-13-8-5-11(2)9-14(13)17;;/h2*1-15H;3-9H,1-2H3;1H;/q;;-1;;+2/p-1/b;;16-13-;;. The summed E-state index contributed by atoms with van der Waals surface area (Å²) in [6.07, 6.45) is 5.10. The molecule has 0 atom stereocenters. The van der Waals surface area contributed by atoms with E-state index in [2.05, 4.69) is 222 Å². The van der Waals surface area contributed by atoms with Gasteiger partial charge < -0.3 is 0 Å². The first-order valence-corrected chi connectivity index (χ1v) is 25.0. The van der Waals surface area contributed by atoms with Gasteiger partial charge in [0.05, 0.1) is 0 Å². The zero-order valence-corrected chi connectivity index (χ0v) is 36.9. The van der Waals surface area contributed by atoms with Crippen LogP contribution in [-0.4, -0.2) is 11.5 Å². The fourth-order valence-electron chi connectivity index (χ4n) is 5.78. The molecule has 7 aromatic carbocycles. The van der Waals surface area contributed by atoms with Crippen LogP contribution < -0.4 is 37.2 Å². The number of nitrogens with zero attached hydrogens (tertiary/aromatic N) is 2. The Balaban J connectivity index is 0.000000160. The molecule has 0 amide bonds. The van der Waals surface area contributed by atoms with Crippen LogP contribution in [0.1, 0.15) is 12.5 Å². The maximum absolute atomic E-state index is 11.6. The summed E-state index contributed by atoms with van der Waals surface area (Å²) in [5, 5.41) is 17.1. The summed E-state index contributed by atoms with van der Waals surface area (Å²) >= 11 is 5.03. The van der Waals surface area contributed by atoms with Gasteiger partial charge in [0.25, 0.3) is 0 Å². The van der Waals surface area contributed by atoms with Crippen molar-refractivity contribution in [1.82, 2.24) is 0 Å². The number of benzene rings is 7. The molecule has 0 saturated carbocycles. The SMILES string of the molecule is CC1=CC(=O)/C(=N\N=c2ccc(C)c[cH-]2)C=C1.[Br][Ru+].c1ccc(P(c2ccccc2)c2ccccc2)cc1.c1ccc(P(c2ccccc2)c2ccccc2)cc1. The minimum absolute atomic E-state index is 0.0964. The number of carbonyl (C=O) groups is 1. The van der Waals surface area contributed by atoms with Gasteiger partial charge in [0, 0.05) is 0 Å². The molecule has 1 aliphatic carbocycles. The Kier molecular flexibility index (Phi) is 18.2. The Labute approximate surface area is 356 Å². The molecule has 0 unspecified atom stereocenters. The number of allylic oxidation sites excluding steroid dienone is 4. The van der Waals surface area contributed by atoms with Gasteiger partial charge in [-0.05, 0) is 77.7 Å². The average Bonchev–Trinajstić information content (AvgIpc) is 3.28. The number of hydrogen-bond donors (Lipinski definition) is 0. The third kappa shape index (κ3) is 13.6. The van der Waals surface area contributed by atoms with E-state index in [-0.39, 0.29) is 5.78 Å². The van der Waals surface area contributed by atoms with Crippen LogP contribution in [0.2, 0.25) is 0 Å². The van der Waals surface area contributed by atoms with Crippen LogP contribution in [-0.2, 0) is 21.1 Å². The quantitative estimate of drug-likeness (QED) is 0.0517. The molecule has 0 radical (unpaired) electrons. The second kappa shape index (κ2) is 24.0. The summed E-state index contributed by atoms with van der Waals surface area (Å²) in [5.74, 6) is -0.0964. The van der Waals surface area contributed by atoms with Crippen LogP contribution in [0.5, 0.6) is 0 Å². The van der Waals surface area contributed by atoms with Crippen LogP contribution in [0.25, 0.3) is 0 Å². The predicted octanol–water partition coefficient (Wildman–Crippen LogP) is 9.79. The first-order valence-electron chi connectivity index (χ1n) is 18.4. The number of carbonyl (C=O) groups excluding carboxylic acids is 1. The van der Waals surface area contributed by atoms with E-state index in [4.69, 9.17) is 0 Å². The molecular weight excluding hydrogens is 887 g/mol. The third-order valence-electron chi connectivity index (χ3n) is 8.51. The maximum atomic E-state index is 11.6. The van der Waals surface area contributed by atoms with Crippen molar-refractivity contribution in [3.8, 4) is 0 Å². The van der Waals surface area contributed by atoms with Crippen molar-refractivity contribution < 1.29 is 21.1 Å². The van der Waals surface area contributed by atoms with E-state index < -0.39 is 15.8 Å². The molecule has 0 bridgehead atoms. The fraction of sp³-hybridized carbons (Fsp3) is 0.0400. The molecule has 57 heavy (non-hydrogen) atoms. The summed E-state index contributed by atoms with van der Waals surface area (Å²) < 4.78 is 0. The van der Waals surface area contributed by atoms with Crippen LogP contribution in [0.4, 0.5) is 0 Å². The van der Waals surface area contributed by atoms with Crippen LogP contribution in [0, 0.1) is 6.92 Å². The van der Waals surface area contributed by atoms with Gasteiger partial charge in [0.1, 0.15) is 5.71 Å². The van der Waals surface area contributed by atoms with Gasteiger partial charge in [-0.1, -0.05) is 195 Å². The summed E-state index contributed by atoms with van der Waals surface area (Å²) in [6, 6.07) is 72.3. The second-order valence-electron chi connectivity index (χ2n) is 12.7. The molecule has 284 valence electrons. The van der Waals surface area contributed by atoms with E-state index in [1.807, 2.05) is 44.2 Å². The Morgan fingerprint density at radius 3 is 1.07 bits per heavy atom.